The maximum atomic E-state index is 11.4. The van der Waals surface area contributed by atoms with Crippen molar-refractivity contribution in [2.75, 3.05) is 10.6 Å². The van der Waals surface area contributed by atoms with Crippen molar-refractivity contribution in [3.63, 3.8) is 0 Å². The number of para-hydroxylation sites is 2. The average Bonchev–Trinajstić information content (AvgIpc) is 2.32. The minimum absolute atomic E-state index is 0.352. The van der Waals surface area contributed by atoms with Gasteiger partial charge < -0.3 is 10.6 Å². The lowest BCUT2D eigenvalue weighted by Crippen LogP contribution is -2.42. The van der Waals surface area contributed by atoms with Gasteiger partial charge in [0.1, 0.15) is 0 Å². The van der Waals surface area contributed by atoms with Crippen LogP contribution in [0.1, 0.15) is 0 Å². The number of fused-ring (bicyclic) bond motifs is 1. The molecule has 82 valence electrons. The Bertz CT molecular complexity index is 448. The van der Waals surface area contributed by atoms with E-state index < -0.39 is 22.8 Å². The Balaban J connectivity index is 2.43. The molecular weight excluding hydrogens is 214 g/mol. The van der Waals surface area contributed by atoms with Crippen LogP contribution in [0.4, 0.5) is 11.4 Å². The van der Waals surface area contributed by atoms with Crippen LogP contribution in [-0.2, 0) is 9.59 Å². The first-order valence-corrected chi connectivity index (χ1v) is 4.44. The summed E-state index contributed by atoms with van der Waals surface area (Å²) < 4.78 is 0. The van der Waals surface area contributed by atoms with Crippen LogP contribution in [0.15, 0.2) is 24.3 Å². The Hall–Kier alpha value is -2.44. The molecule has 2 rings (SSSR count). The first-order chi connectivity index (χ1) is 7.59. The molecule has 2 N–H and O–H groups in total. The molecule has 0 fully saturated rings. The van der Waals surface area contributed by atoms with Gasteiger partial charge in [0.05, 0.1) is 11.4 Å². The summed E-state index contributed by atoms with van der Waals surface area (Å²) in [7, 11) is 0. The lowest BCUT2D eigenvalue weighted by molar-refractivity contribution is -0.492. The van der Waals surface area contributed by atoms with Gasteiger partial charge in [-0.3, -0.25) is 19.7 Å². The van der Waals surface area contributed by atoms with E-state index in [1.54, 1.807) is 24.3 Å². The van der Waals surface area contributed by atoms with Crippen molar-refractivity contribution in [1.29, 1.82) is 0 Å². The lowest BCUT2D eigenvalue weighted by atomic mass is 10.2. The van der Waals surface area contributed by atoms with E-state index in [1.165, 1.54) is 0 Å². The molecule has 1 aromatic rings. The lowest BCUT2D eigenvalue weighted by Gasteiger charge is -2.03. The number of anilines is 2. The van der Waals surface area contributed by atoms with Gasteiger partial charge in [-0.25, -0.2) is 0 Å². The molecule has 0 radical (unpaired) electrons. The van der Waals surface area contributed by atoms with E-state index in [2.05, 4.69) is 10.6 Å². The van der Waals surface area contributed by atoms with Crippen LogP contribution >= 0.6 is 0 Å². The van der Waals surface area contributed by atoms with E-state index in [9.17, 15) is 19.7 Å². The molecule has 0 aliphatic carbocycles. The van der Waals surface area contributed by atoms with Crippen molar-refractivity contribution < 1.29 is 14.5 Å². The Labute approximate surface area is 89.6 Å². The fourth-order valence-corrected chi connectivity index (χ4v) is 1.41. The van der Waals surface area contributed by atoms with Crippen LogP contribution in [-0.4, -0.2) is 22.8 Å². The maximum absolute atomic E-state index is 11.4. The van der Waals surface area contributed by atoms with Crippen molar-refractivity contribution in [2.45, 2.75) is 6.04 Å². The van der Waals surface area contributed by atoms with E-state index in [0.717, 1.165) is 0 Å². The standard InChI is InChI=1S/C9H7N3O4/c13-8-7(12(15)16)9(14)11-6-4-2-1-3-5(6)10-8/h1-4,7H,(H,10,13)(H,11,14). The van der Waals surface area contributed by atoms with Gasteiger partial charge in [-0.1, -0.05) is 12.1 Å². The highest BCUT2D eigenvalue weighted by Gasteiger charge is 2.40. The van der Waals surface area contributed by atoms with Crippen molar-refractivity contribution >= 4 is 23.2 Å². The zero-order valence-corrected chi connectivity index (χ0v) is 7.97. The van der Waals surface area contributed by atoms with Gasteiger partial charge in [-0.15, -0.1) is 0 Å². The van der Waals surface area contributed by atoms with E-state index >= 15 is 0 Å². The number of benzene rings is 1. The predicted molar refractivity (Wildman–Crippen MR) is 54.5 cm³/mol. The number of nitrogens with one attached hydrogen (secondary N) is 2. The summed E-state index contributed by atoms with van der Waals surface area (Å²) in [6, 6.07) is 4.49. The third-order valence-corrected chi connectivity index (χ3v) is 2.15. The van der Waals surface area contributed by atoms with E-state index in [1.807, 2.05) is 0 Å². The molecule has 7 heteroatoms. The summed E-state index contributed by atoms with van der Waals surface area (Å²) in [6.45, 7) is 0. The SMILES string of the molecule is O=C1Nc2ccccc2NC(=O)C1[N+](=O)[O-]. The zero-order chi connectivity index (χ0) is 11.7. The third kappa shape index (κ3) is 1.58. The molecule has 0 bridgehead atoms. The smallest absolute Gasteiger partial charge is 0.318 e. The number of amides is 2. The topological polar surface area (TPSA) is 101 Å². The summed E-state index contributed by atoms with van der Waals surface area (Å²) in [5, 5.41) is 15.2. The van der Waals surface area contributed by atoms with Gasteiger partial charge >= 0.3 is 17.9 Å². The molecule has 1 heterocycles. The van der Waals surface area contributed by atoms with E-state index in [0.29, 0.717) is 11.4 Å². The normalized spacial score (nSPS) is 15.8. The van der Waals surface area contributed by atoms with Crippen LogP contribution in [0.3, 0.4) is 0 Å². The summed E-state index contributed by atoms with van der Waals surface area (Å²) in [5.74, 6) is -1.88. The van der Waals surface area contributed by atoms with E-state index in [-0.39, 0.29) is 0 Å². The van der Waals surface area contributed by atoms with Gasteiger partial charge in [0, 0.05) is 4.92 Å². The predicted octanol–water partition coefficient (Wildman–Crippen LogP) is 0.222. The van der Waals surface area contributed by atoms with Gasteiger partial charge in [0.15, 0.2) is 0 Å². The molecule has 0 spiro atoms. The Morgan fingerprint density at radius 2 is 1.50 bits per heavy atom. The first-order valence-electron chi connectivity index (χ1n) is 4.44. The molecule has 7 nitrogen and oxygen atoms in total. The van der Waals surface area contributed by atoms with Crippen molar-refractivity contribution in [3.05, 3.63) is 34.4 Å². The van der Waals surface area contributed by atoms with E-state index in [4.69, 9.17) is 0 Å². The van der Waals surface area contributed by atoms with Gasteiger partial charge in [0.2, 0.25) is 0 Å². The van der Waals surface area contributed by atoms with Crippen molar-refractivity contribution in [3.8, 4) is 0 Å². The minimum atomic E-state index is -1.91. The second kappa shape index (κ2) is 3.61. The Kier molecular flexibility index (Phi) is 2.28. The van der Waals surface area contributed by atoms with Crippen LogP contribution in [0.5, 0.6) is 0 Å². The largest absolute Gasteiger partial charge is 0.366 e. The molecule has 0 atom stereocenters. The second-order valence-corrected chi connectivity index (χ2v) is 3.21. The number of carbonyl (C=O) groups excluding carboxylic acids is 2. The van der Waals surface area contributed by atoms with Crippen LogP contribution in [0, 0.1) is 10.1 Å². The molecule has 0 unspecified atom stereocenters. The first kappa shape index (κ1) is 10.1. The van der Waals surface area contributed by atoms with Crippen molar-refractivity contribution in [1.82, 2.24) is 0 Å². The summed E-state index contributed by atoms with van der Waals surface area (Å²) in [5.41, 5.74) is 0.704. The fraction of sp³-hybridized carbons (Fsp3) is 0.111. The zero-order valence-electron chi connectivity index (χ0n) is 7.97. The maximum Gasteiger partial charge on any atom is 0.366 e. The Morgan fingerprint density at radius 1 is 1.06 bits per heavy atom. The number of rotatable bonds is 1. The molecule has 1 aliphatic rings. The molecule has 2 amide bonds. The van der Waals surface area contributed by atoms with Gasteiger partial charge in [-0.2, -0.15) is 0 Å². The molecule has 0 aromatic heterocycles. The van der Waals surface area contributed by atoms with Crippen LogP contribution in [0.25, 0.3) is 0 Å². The molecule has 1 aliphatic heterocycles. The quantitative estimate of drug-likeness (QED) is 0.402. The number of hydrogen-bond donors (Lipinski definition) is 2. The highest BCUT2D eigenvalue weighted by molar-refractivity contribution is 6.17. The fourth-order valence-electron chi connectivity index (χ4n) is 1.41. The van der Waals surface area contributed by atoms with Crippen molar-refractivity contribution in [2.24, 2.45) is 0 Å². The Morgan fingerprint density at radius 3 is 1.88 bits per heavy atom. The van der Waals surface area contributed by atoms with Gasteiger partial charge in [-0.05, 0) is 12.1 Å². The molecule has 1 aromatic carbocycles. The molecule has 16 heavy (non-hydrogen) atoms. The third-order valence-electron chi connectivity index (χ3n) is 2.15. The monoisotopic (exact) mass is 221 g/mol. The highest BCUT2D eigenvalue weighted by atomic mass is 16.6. The molecule has 0 saturated carbocycles. The molecule has 0 saturated heterocycles. The number of nitrogens with zero attached hydrogens (tertiary/aromatic N) is 1. The molecular formula is C9H7N3O4. The second-order valence-electron chi connectivity index (χ2n) is 3.21. The minimum Gasteiger partial charge on any atom is -0.318 e. The number of carbonyl (C=O) groups is 2. The number of hydrogen-bond acceptors (Lipinski definition) is 4. The highest BCUT2D eigenvalue weighted by Crippen LogP contribution is 2.24. The average molecular weight is 221 g/mol. The van der Waals surface area contributed by atoms with Gasteiger partial charge in [0.25, 0.3) is 0 Å². The number of nitro groups is 1. The summed E-state index contributed by atoms with van der Waals surface area (Å²) in [6.07, 6.45) is 0. The summed E-state index contributed by atoms with van der Waals surface area (Å²) >= 11 is 0. The van der Waals surface area contributed by atoms with Crippen LogP contribution in [0.2, 0.25) is 0 Å². The summed E-state index contributed by atoms with van der Waals surface area (Å²) in [4.78, 5) is 32.5. The van der Waals surface area contributed by atoms with Crippen LogP contribution < -0.4 is 10.6 Å².